The molecule has 1 amide bonds. The molecular formula is C21H30N2O4. The van der Waals surface area contributed by atoms with E-state index in [2.05, 4.69) is 4.98 Å². The van der Waals surface area contributed by atoms with Crippen molar-refractivity contribution in [3.63, 3.8) is 0 Å². The minimum atomic E-state index is -0.510. The van der Waals surface area contributed by atoms with E-state index >= 15 is 0 Å². The molecule has 0 saturated carbocycles. The molecule has 0 spiro atoms. The maximum Gasteiger partial charge on any atom is 0.410 e. The topological polar surface area (TPSA) is 68.7 Å². The van der Waals surface area contributed by atoms with E-state index in [9.17, 15) is 9.59 Å². The second-order valence-electron chi connectivity index (χ2n) is 8.71. The van der Waals surface area contributed by atoms with Crippen molar-refractivity contribution in [3.8, 4) is 5.88 Å². The summed E-state index contributed by atoms with van der Waals surface area (Å²) in [7, 11) is 1.57. The van der Waals surface area contributed by atoms with Gasteiger partial charge in [0.05, 0.1) is 7.11 Å². The summed E-state index contributed by atoms with van der Waals surface area (Å²) in [5.41, 5.74) is 0.974. The molecule has 6 nitrogen and oxygen atoms in total. The predicted octanol–water partition coefficient (Wildman–Crippen LogP) is 4.15. The number of carbonyl (C=O) groups is 2. The SMILES string of the molecule is COc1ncc(C(=O)C2CC3CCCC(C2)N3C(=O)OC(C)(C)C)cc1C. The summed E-state index contributed by atoms with van der Waals surface area (Å²) in [6.45, 7) is 7.55. The number of hydrogen-bond donors (Lipinski definition) is 0. The number of ether oxygens (including phenoxy) is 2. The maximum atomic E-state index is 13.1. The highest BCUT2D eigenvalue weighted by Gasteiger charge is 2.44. The summed E-state index contributed by atoms with van der Waals surface area (Å²) in [4.78, 5) is 31.9. The number of rotatable bonds is 3. The first-order valence-corrected chi connectivity index (χ1v) is 9.75. The van der Waals surface area contributed by atoms with Gasteiger partial charge in [-0.15, -0.1) is 0 Å². The monoisotopic (exact) mass is 374 g/mol. The molecule has 2 fully saturated rings. The molecule has 2 atom stereocenters. The van der Waals surface area contributed by atoms with Gasteiger partial charge in [-0.1, -0.05) is 0 Å². The van der Waals surface area contributed by atoms with Gasteiger partial charge < -0.3 is 14.4 Å². The van der Waals surface area contributed by atoms with Crippen molar-refractivity contribution >= 4 is 11.9 Å². The lowest BCUT2D eigenvalue weighted by Crippen LogP contribution is -2.56. The summed E-state index contributed by atoms with van der Waals surface area (Å²) in [6.07, 6.45) is 5.70. The van der Waals surface area contributed by atoms with Crippen LogP contribution in [0.3, 0.4) is 0 Å². The summed E-state index contributed by atoms with van der Waals surface area (Å²) < 4.78 is 10.8. The zero-order valence-corrected chi connectivity index (χ0v) is 16.9. The van der Waals surface area contributed by atoms with E-state index in [4.69, 9.17) is 9.47 Å². The Hall–Kier alpha value is -2.11. The highest BCUT2D eigenvalue weighted by atomic mass is 16.6. The molecule has 2 aliphatic rings. The van der Waals surface area contributed by atoms with Crippen LogP contribution in [0.15, 0.2) is 12.3 Å². The Morgan fingerprint density at radius 3 is 2.33 bits per heavy atom. The zero-order valence-electron chi connectivity index (χ0n) is 16.9. The fourth-order valence-corrected chi connectivity index (χ4v) is 4.35. The largest absolute Gasteiger partial charge is 0.481 e. The third-order valence-electron chi connectivity index (χ3n) is 5.46. The number of methoxy groups -OCH3 is 1. The Morgan fingerprint density at radius 1 is 1.19 bits per heavy atom. The molecule has 2 aliphatic heterocycles. The molecule has 3 rings (SSSR count). The Balaban J connectivity index is 1.75. The molecule has 1 aromatic rings. The highest BCUT2D eigenvalue weighted by molar-refractivity contribution is 5.98. The molecule has 2 saturated heterocycles. The Labute approximate surface area is 161 Å². The van der Waals surface area contributed by atoms with Crippen LogP contribution < -0.4 is 4.74 Å². The maximum absolute atomic E-state index is 13.1. The van der Waals surface area contributed by atoms with Gasteiger partial charge in [0.2, 0.25) is 5.88 Å². The van der Waals surface area contributed by atoms with Gasteiger partial charge in [0.1, 0.15) is 5.60 Å². The number of fused-ring (bicyclic) bond motifs is 2. The fraction of sp³-hybridized carbons (Fsp3) is 0.667. The minimum Gasteiger partial charge on any atom is -0.481 e. The van der Waals surface area contributed by atoms with Crippen LogP contribution in [-0.2, 0) is 4.74 Å². The van der Waals surface area contributed by atoms with Crippen molar-refractivity contribution in [1.82, 2.24) is 9.88 Å². The van der Waals surface area contributed by atoms with Gasteiger partial charge >= 0.3 is 6.09 Å². The van der Waals surface area contributed by atoms with E-state index in [1.807, 2.05) is 38.7 Å². The van der Waals surface area contributed by atoms with E-state index in [0.717, 1.165) is 24.8 Å². The smallest absolute Gasteiger partial charge is 0.410 e. The lowest BCUT2D eigenvalue weighted by atomic mass is 9.76. The van der Waals surface area contributed by atoms with Gasteiger partial charge in [0.15, 0.2) is 5.78 Å². The summed E-state index contributed by atoms with van der Waals surface area (Å²) >= 11 is 0. The third kappa shape index (κ3) is 4.25. The highest BCUT2D eigenvalue weighted by Crippen LogP contribution is 2.39. The van der Waals surface area contributed by atoms with Crippen molar-refractivity contribution in [2.24, 2.45) is 5.92 Å². The van der Waals surface area contributed by atoms with Gasteiger partial charge in [-0.05, 0) is 65.9 Å². The summed E-state index contributed by atoms with van der Waals surface area (Å²) in [5.74, 6) is 0.589. The second kappa shape index (κ2) is 7.49. The van der Waals surface area contributed by atoms with Gasteiger partial charge in [-0.25, -0.2) is 9.78 Å². The van der Waals surface area contributed by atoms with Gasteiger partial charge in [-0.3, -0.25) is 4.79 Å². The van der Waals surface area contributed by atoms with E-state index in [0.29, 0.717) is 24.3 Å². The fourth-order valence-electron chi connectivity index (χ4n) is 4.35. The number of aromatic nitrogens is 1. The summed E-state index contributed by atoms with van der Waals surface area (Å²) in [6, 6.07) is 2.01. The quantitative estimate of drug-likeness (QED) is 0.744. The van der Waals surface area contributed by atoms with Crippen LogP contribution in [0, 0.1) is 12.8 Å². The van der Waals surface area contributed by atoms with Gasteiger partial charge in [-0.2, -0.15) is 0 Å². The predicted molar refractivity (Wildman–Crippen MR) is 102 cm³/mol. The number of Topliss-reactive ketones (excluding diaryl/α,β-unsaturated/α-hetero) is 1. The van der Waals surface area contributed by atoms with Gasteiger partial charge in [0, 0.05) is 35.3 Å². The molecule has 6 heteroatoms. The average molecular weight is 374 g/mol. The molecule has 2 bridgehead atoms. The lowest BCUT2D eigenvalue weighted by Gasteiger charge is -2.48. The Morgan fingerprint density at radius 2 is 1.81 bits per heavy atom. The molecule has 0 N–H and O–H groups in total. The molecular weight excluding hydrogens is 344 g/mol. The first kappa shape index (κ1) is 19.6. The second-order valence-corrected chi connectivity index (χ2v) is 8.71. The van der Waals surface area contributed by atoms with Crippen LogP contribution in [0.4, 0.5) is 4.79 Å². The number of amides is 1. The number of aryl methyl sites for hydroxylation is 1. The number of hydrogen-bond acceptors (Lipinski definition) is 5. The Bertz CT molecular complexity index is 711. The minimum absolute atomic E-state index is 0.0754. The first-order chi connectivity index (χ1) is 12.7. The number of carbonyl (C=O) groups excluding carboxylic acids is 2. The van der Waals surface area contributed by atoms with Crippen molar-refractivity contribution < 1.29 is 19.1 Å². The van der Waals surface area contributed by atoms with Crippen molar-refractivity contribution in [3.05, 3.63) is 23.4 Å². The van der Waals surface area contributed by atoms with E-state index in [1.54, 1.807) is 13.3 Å². The number of piperidine rings is 2. The number of ketones is 1. The van der Waals surface area contributed by atoms with Crippen molar-refractivity contribution in [2.45, 2.75) is 77.5 Å². The van der Waals surface area contributed by atoms with E-state index in [-0.39, 0.29) is 29.9 Å². The molecule has 0 radical (unpaired) electrons. The van der Waals surface area contributed by atoms with Crippen LogP contribution in [0.5, 0.6) is 5.88 Å². The standard InChI is InChI=1S/C21H30N2O4/c1-13-9-15(12-22-19(13)26-5)18(24)14-10-16-7-6-8-17(11-14)23(16)20(25)27-21(2,3)4/h9,12,14,16-17H,6-8,10-11H2,1-5H3. The van der Waals surface area contributed by atoms with Crippen LogP contribution in [0.1, 0.15) is 68.8 Å². The molecule has 1 aromatic heterocycles. The van der Waals surface area contributed by atoms with Crippen LogP contribution in [0.25, 0.3) is 0 Å². The number of nitrogens with zero attached hydrogens (tertiary/aromatic N) is 2. The molecule has 2 unspecified atom stereocenters. The lowest BCUT2D eigenvalue weighted by molar-refractivity contribution is -0.0260. The Kier molecular flexibility index (Phi) is 5.45. The first-order valence-electron chi connectivity index (χ1n) is 9.75. The van der Waals surface area contributed by atoms with Crippen LogP contribution >= 0.6 is 0 Å². The average Bonchev–Trinajstić information content (AvgIpc) is 2.58. The van der Waals surface area contributed by atoms with Crippen LogP contribution in [-0.4, -0.2) is 46.6 Å². The third-order valence-corrected chi connectivity index (χ3v) is 5.46. The molecule has 0 aromatic carbocycles. The molecule has 3 heterocycles. The molecule has 0 aliphatic carbocycles. The zero-order chi connectivity index (χ0) is 19.8. The van der Waals surface area contributed by atoms with E-state index in [1.165, 1.54) is 0 Å². The van der Waals surface area contributed by atoms with Gasteiger partial charge in [0.25, 0.3) is 0 Å². The molecule has 148 valence electrons. The van der Waals surface area contributed by atoms with Crippen molar-refractivity contribution in [1.29, 1.82) is 0 Å². The van der Waals surface area contributed by atoms with Crippen molar-refractivity contribution in [2.75, 3.05) is 7.11 Å². The van der Waals surface area contributed by atoms with E-state index < -0.39 is 5.60 Å². The van der Waals surface area contributed by atoms with Crippen LogP contribution in [0.2, 0.25) is 0 Å². The summed E-state index contributed by atoms with van der Waals surface area (Å²) in [5, 5.41) is 0. The molecule has 27 heavy (non-hydrogen) atoms. The normalized spacial score (nSPS) is 25.1. The number of pyridine rings is 1.